The molecule has 1 aliphatic heterocycles. The largest absolute Gasteiger partial charge is 0.143 e. The molecule has 1 heterocycles. The van der Waals surface area contributed by atoms with Crippen LogP contribution in [0, 0.1) is 11.3 Å². The molecule has 1 unspecified atom stereocenters. The van der Waals surface area contributed by atoms with Crippen LogP contribution in [0.25, 0.3) is 0 Å². The minimum atomic E-state index is 0.435. The summed E-state index contributed by atoms with van der Waals surface area (Å²) in [5, 5.41) is 0. The van der Waals surface area contributed by atoms with Gasteiger partial charge in [0, 0.05) is 5.92 Å². The third-order valence-corrected chi connectivity index (χ3v) is 7.43. The molecule has 0 aromatic rings. The Bertz CT molecular complexity index is 346. The van der Waals surface area contributed by atoms with Crippen LogP contribution in [0.15, 0.2) is 23.3 Å². The first-order chi connectivity index (χ1) is 8.50. The van der Waals surface area contributed by atoms with Gasteiger partial charge in [0.25, 0.3) is 0 Å². The first-order valence-electron chi connectivity index (χ1n) is 7.09. The molecule has 18 heavy (non-hydrogen) atoms. The molecule has 1 aliphatic carbocycles. The SMILES string of the molecule is CC1=CCCC(C)(C)C1/C=C(\C)C1SCCCS1. The fourth-order valence-corrected chi connectivity index (χ4v) is 5.90. The van der Waals surface area contributed by atoms with Crippen LogP contribution in [0.2, 0.25) is 0 Å². The Hall–Kier alpha value is 0.180. The molecule has 0 bridgehead atoms. The number of rotatable bonds is 2. The summed E-state index contributed by atoms with van der Waals surface area (Å²) in [5.41, 5.74) is 3.61. The third kappa shape index (κ3) is 3.39. The maximum Gasteiger partial charge on any atom is 0.0708 e. The van der Waals surface area contributed by atoms with Gasteiger partial charge >= 0.3 is 0 Å². The molecule has 2 rings (SSSR count). The van der Waals surface area contributed by atoms with E-state index < -0.39 is 0 Å². The van der Waals surface area contributed by atoms with Crippen LogP contribution in [0.1, 0.15) is 47.0 Å². The molecular weight excluding hydrogens is 256 g/mol. The van der Waals surface area contributed by atoms with Crippen molar-refractivity contribution in [2.24, 2.45) is 11.3 Å². The smallest absolute Gasteiger partial charge is 0.0708 e. The van der Waals surface area contributed by atoms with Crippen molar-refractivity contribution in [2.75, 3.05) is 11.5 Å². The molecule has 0 aromatic heterocycles. The van der Waals surface area contributed by atoms with Crippen LogP contribution in [-0.4, -0.2) is 16.1 Å². The zero-order valence-corrected chi connectivity index (χ0v) is 13.8. The van der Waals surface area contributed by atoms with E-state index in [0.717, 1.165) is 0 Å². The van der Waals surface area contributed by atoms with Gasteiger partial charge in [-0.2, -0.15) is 0 Å². The highest BCUT2D eigenvalue weighted by Gasteiger charge is 2.31. The molecule has 0 radical (unpaired) electrons. The second-order valence-corrected chi connectivity index (χ2v) is 9.02. The first-order valence-corrected chi connectivity index (χ1v) is 9.18. The molecule has 2 aliphatic rings. The fourth-order valence-electron chi connectivity index (χ4n) is 3.02. The van der Waals surface area contributed by atoms with Gasteiger partial charge in [0.2, 0.25) is 0 Å². The summed E-state index contributed by atoms with van der Waals surface area (Å²) in [5.74, 6) is 3.33. The minimum Gasteiger partial charge on any atom is -0.143 e. The lowest BCUT2D eigenvalue weighted by molar-refractivity contribution is 0.255. The first kappa shape index (κ1) is 14.6. The van der Waals surface area contributed by atoms with Gasteiger partial charge in [-0.05, 0) is 50.0 Å². The van der Waals surface area contributed by atoms with Crippen LogP contribution >= 0.6 is 23.5 Å². The van der Waals surface area contributed by atoms with E-state index in [-0.39, 0.29) is 0 Å². The van der Waals surface area contributed by atoms with E-state index >= 15 is 0 Å². The van der Waals surface area contributed by atoms with Crippen molar-refractivity contribution in [3.05, 3.63) is 23.3 Å². The van der Waals surface area contributed by atoms with Crippen molar-refractivity contribution in [3.8, 4) is 0 Å². The quantitative estimate of drug-likeness (QED) is 0.612. The minimum absolute atomic E-state index is 0.435. The van der Waals surface area contributed by atoms with E-state index in [9.17, 15) is 0 Å². The topological polar surface area (TPSA) is 0 Å². The van der Waals surface area contributed by atoms with Gasteiger partial charge in [-0.1, -0.05) is 37.1 Å². The normalized spacial score (nSPS) is 30.1. The molecular formula is C16H26S2. The highest BCUT2D eigenvalue weighted by atomic mass is 32.2. The summed E-state index contributed by atoms with van der Waals surface area (Å²) in [6.07, 6.45) is 8.98. The molecule has 0 aromatic carbocycles. The fraction of sp³-hybridized carbons (Fsp3) is 0.750. The average molecular weight is 283 g/mol. The van der Waals surface area contributed by atoms with Gasteiger partial charge < -0.3 is 0 Å². The van der Waals surface area contributed by atoms with Crippen LogP contribution < -0.4 is 0 Å². The Balaban J connectivity index is 2.14. The van der Waals surface area contributed by atoms with E-state index in [1.807, 2.05) is 0 Å². The van der Waals surface area contributed by atoms with Crippen molar-refractivity contribution >= 4 is 23.5 Å². The highest BCUT2D eigenvalue weighted by Crippen LogP contribution is 2.44. The summed E-state index contributed by atoms with van der Waals surface area (Å²) in [6.45, 7) is 9.52. The van der Waals surface area contributed by atoms with E-state index in [0.29, 0.717) is 15.9 Å². The molecule has 0 N–H and O–H groups in total. The van der Waals surface area contributed by atoms with Gasteiger partial charge in [-0.3, -0.25) is 0 Å². The van der Waals surface area contributed by atoms with Crippen LogP contribution in [0.5, 0.6) is 0 Å². The summed E-state index contributed by atoms with van der Waals surface area (Å²) in [7, 11) is 0. The second-order valence-electron chi connectivity index (χ2n) is 6.29. The Labute approximate surface area is 121 Å². The van der Waals surface area contributed by atoms with Crippen LogP contribution in [0.3, 0.4) is 0 Å². The molecule has 0 nitrogen and oxygen atoms in total. The van der Waals surface area contributed by atoms with Crippen LogP contribution in [0.4, 0.5) is 0 Å². The Morgan fingerprint density at radius 3 is 2.61 bits per heavy atom. The zero-order chi connectivity index (χ0) is 13.2. The molecule has 0 spiro atoms. The molecule has 102 valence electrons. The Morgan fingerprint density at radius 1 is 1.33 bits per heavy atom. The van der Waals surface area contributed by atoms with E-state index in [4.69, 9.17) is 0 Å². The van der Waals surface area contributed by atoms with Crippen molar-refractivity contribution < 1.29 is 0 Å². The summed E-state index contributed by atoms with van der Waals surface area (Å²) >= 11 is 4.27. The standard InChI is InChI=1S/C16H26S2/c1-12-7-5-8-16(3,4)14(12)11-13(2)15-17-9-6-10-18-15/h7,11,14-15H,5-6,8-10H2,1-4H3/b13-11+. The van der Waals surface area contributed by atoms with Crippen molar-refractivity contribution in [1.29, 1.82) is 0 Å². The van der Waals surface area contributed by atoms with Gasteiger partial charge in [-0.15, -0.1) is 23.5 Å². The van der Waals surface area contributed by atoms with Crippen LogP contribution in [-0.2, 0) is 0 Å². The van der Waals surface area contributed by atoms with E-state index in [1.165, 1.54) is 30.8 Å². The molecule has 2 heteroatoms. The van der Waals surface area contributed by atoms with Gasteiger partial charge in [0.15, 0.2) is 0 Å². The highest BCUT2D eigenvalue weighted by molar-refractivity contribution is 8.17. The zero-order valence-electron chi connectivity index (χ0n) is 12.2. The number of hydrogen-bond acceptors (Lipinski definition) is 2. The predicted octanol–water partition coefficient (Wildman–Crippen LogP) is 5.51. The maximum atomic E-state index is 2.57. The summed E-state index contributed by atoms with van der Waals surface area (Å²) < 4.78 is 0.712. The lowest BCUT2D eigenvalue weighted by Crippen LogP contribution is -2.27. The Kier molecular flexibility index (Phi) is 4.93. The number of hydrogen-bond donors (Lipinski definition) is 0. The molecule has 0 amide bonds. The predicted molar refractivity (Wildman–Crippen MR) is 87.3 cm³/mol. The Morgan fingerprint density at radius 2 is 2.00 bits per heavy atom. The third-order valence-electron chi connectivity index (χ3n) is 4.22. The average Bonchev–Trinajstić information content (AvgIpc) is 2.34. The van der Waals surface area contributed by atoms with Gasteiger partial charge in [-0.25, -0.2) is 0 Å². The number of allylic oxidation sites excluding steroid dienone is 3. The van der Waals surface area contributed by atoms with Crippen molar-refractivity contribution in [3.63, 3.8) is 0 Å². The van der Waals surface area contributed by atoms with Crippen molar-refractivity contribution in [2.45, 2.75) is 51.5 Å². The molecule has 1 fully saturated rings. The molecule has 1 atom stereocenters. The number of thioether (sulfide) groups is 2. The molecule has 1 saturated heterocycles. The monoisotopic (exact) mass is 282 g/mol. The lowest BCUT2D eigenvalue weighted by Gasteiger charge is -2.37. The van der Waals surface area contributed by atoms with E-state index in [1.54, 1.807) is 11.1 Å². The summed E-state index contributed by atoms with van der Waals surface area (Å²) in [6, 6.07) is 0. The van der Waals surface area contributed by atoms with Gasteiger partial charge in [0.1, 0.15) is 0 Å². The van der Waals surface area contributed by atoms with E-state index in [2.05, 4.69) is 63.4 Å². The van der Waals surface area contributed by atoms with Gasteiger partial charge in [0.05, 0.1) is 4.58 Å². The lowest BCUT2D eigenvalue weighted by atomic mass is 9.68. The molecule has 0 saturated carbocycles. The summed E-state index contributed by atoms with van der Waals surface area (Å²) in [4.78, 5) is 0. The second kappa shape index (κ2) is 6.09. The van der Waals surface area contributed by atoms with Crippen molar-refractivity contribution in [1.82, 2.24) is 0 Å². The maximum absolute atomic E-state index is 2.57.